The van der Waals surface area contributed by atoms with Crippen LogP contribution in [-0.2, 0) is 14.8 Å². The van der Waals surface area contributed by atoms with Gasteiger partial charge in [0.25, 0.3) is 10.0 Å². The molecule has 6 nitrogen and oxygen atoms in total. The number of nitrogens with one attached hydrogen (secondary N) is 3. The average molecular weight is 395 g/mol. The molecule has 0 aliphatic carbocycles. The van der Waals surface area contributed by atoms with Crippen LogP contribution >= 0.6 is 0 Å². The Hall–Kier alpha value is -3.32. The number of aryl methyl sites for hydroxylation is 1. The highest BCUT2D eigenvalue weighted by atomic mass is 32.2. The Bertz CT molecular complexity index is 1080. The third-order valence-corrected chi connectivity index (χ3v) is 5.56. The summed E-state index contributed by atoms with van der Waals surface area (Å²) in [4.78, 5) is 11.3. The molecule has 0 aliphatic rings. The van der Waals surface area contributed by atoms with E-state index >= 15 is 0 Å². The third kappa shape index (κ3) is 4.89. The van der Waals surface area contributed by atoms with Crippen LogP contribution in [0.3, 0.4) is 0 Å². The Morgan fingerprint density at radius 2 is 1.25 bits per heavy atom. The molecule has 1 amide bonds. The summed E-state index contributed by atoms with van der Waals surface area (Å²) >= 11 is 0. The third-order valence-electron chi connectivity index (χ3n) is 4.01. The molecule has 0 aromatic heterocycles. The number of anilines is 4. The highest BCUT2D eigenvalue weighted by Gasteiger charge is 2.16. The van der Waals surface area contributed by atoms with Crippen molar-refractivity contribution in [3.05, 3.63) is 78.4 Å². The van der Waals surface area contributed by atoms with Crippen LogP contribution in [0.25, 0.3) is 0 Å². The van der Waals surface area contributed by atoms with E-state index in [0.717, 1.165) is 17.1 Å². The summed E-state index contributed by atoms with van der Waals surface area (Å²) in [5.41, 5.74) is 3.55. The zero-order valence-electron chi connectivity index (χ0n) is 15.6. The van der Waals surface area contributed by atoms with Crippen LogP contribution in [0.15, 0.2) is 77.7 Å². The van der Waals surface area contributed by atoms with Crippen LogP contribution in [0.1, 0.15) is 12.5 Å². The molecular weight excluding hydrogens is 374 g/mol. The summed E-state index contributed by atoms with van der Waals surface area (Å²) in [6.45, 7) is 3.22. The highest BCUT2D eigenvalue weighted by molar-refractivity contribution is 7.92. The monoisotopic (exact) mass is 395 g/mol. The fourth-order valence-corrected chi connectivity index (χ4v) is 4.00. The van der Waals surface area contributed by atoms with Gasteiger partial charge in [-0.1, -0.05) is 18.2 Å². The van der Waals surface area contributed by atoms with Gasteiger partial charge in [0.1, 0.15) is 0 Å². The number of benzene rings is 3. The van der Waals surface area contributed by atoms with E-state index in [-0.39, 0.29) is 10.8 Å². The van der Waals surface area contributed by atoms with Gasteiger partial charge in [0.15, 0.2) is 0 Å². The van der Waals surface area contributed by atoms with E-state index in [1.165, 1.54) is 6.92 Å². The molecule has 0 unspecified atom stereocenters. The van der Waals surface area contributed by atoms with Crippen molar-refractivity contribution in [2.24, 2.45) is 0 Å². The van der Waals surface area contributed by atoms with Crippen LogP contribution in [0.5, 0.6) is 0 Å². The molecule has 0 radical (unpaired) electrons. The summed E-state index contributed by atoms with van der Waals surface area (Å²) in [5, 5.41) is 5.94. The lowest BCUT2D eigenvalue weighted by molar-refractivity contribution is -0.114. The molecule has 0 aliphatic heterocycles. The van der Waals surface area contributed by atoms with E-state index in [9.17, 15) is 13.2 Å². The summed E-state index contributed by atoms with van der Waals surface area (Å²) < 4.78 is 27.7. The molecule has 3 aromatic carbocycles. The molecule has 0 heterocycles. The second-order valence-electron chi connectivity index (χ2n) is 6.33. The molecule has 0 saturated heterocycles. The first kappa shape index (κ1) is 19.4. The van der Waals surface area contributed by atoms with E-state index in [1.54, 1.807) is 67.6 Å². The first-order chi connectivity index (χ1) is 13.3. The van der Waals surface area contributed by atoms with Crippen molar-refractivity contribution in [1.29, 1.82) is 0 Å². The predicted octanol–water partition coefficient (Wildman–Crippen LogP) is 4.50. The standard InChI is InChI=1S/C21H21N3O3S/c1-15-5-3-4-6-21(15)28(26,27)24-20-13-11-19(12-14-20)23-18-9-7-17(8-10-18)22-16(2)25/h3-14,23-24H,1-2H3,(H,22,25). The van der Waals surface area contributed by atoms with Crippen molar-refractivity contribution in [3.63, 3.8) is 0 Å². The van der Waals surface area contributed by atoms with Gasteiger partial charge in [-0.05, 0) is 67.1 Å². The molecule has 3 aromatic rings. The van der Waals surface area contributed by atoms with E-state index in [1.807, 2.05) is 12.1 Å². The molecule has 0 bridgehead atoms. The van der Waals surface area contributed by atoms with Crippen LogP contribution in [0, 0.1) is 6.92 Å². The van der Waals surface area contributed by atoms with Crippen molar-refractivity contribution in [2.75, 3.05) is 15.4 Å². The SMILES string of the molecule is CC(=O)Nc1ccc(Nc2ccc(NS(=O)(=O)c3ccccc3C)cc2)cc1. The van der Waals surface area contributed by atoms with Crippen molar-refractivity contribution in [2.45, 2.75) is 18.7 Å². The summed E-state index contributed by atoms with van der Waals surface area (Å²) in [6, 6.07) is 21.1. The largest absolute Gasteiger partial charge is 0.356 e. The van der Waals surface area contributed by atoms with Crippen LogP contribution in [0.2, 0.25) is 0 Å². The number of rotatable bonds is 6. The molecule has 0 spiro atoms. The van der Waals surface area contributed by atoms with E-state index < -0.39 is 10.0 Å². The van der Waals surface area contributed by atoms with Gasteiger partial charge in [0, 0.05) is 29.7 Å². The molecule has 0 saturated carbocycles. The van der Waals surface area contributed by atoms with E-state index in [4.69, 9.17) is 0 Å². The fraction of sp³-hybridized carbons (Fsp3) is 0.0952. The summed E-state index contributed by atoms with van der Waals surface area (Å²) in [5.74, 6) is -0.121. The van der Waals surface area contributed by atoms with Gasteiger partial charge < -0.3 is 10.6 Å². The Morgan fingerprint density at radius 1 is 0.750 bits per heavy atom. The van der Waals surface area contributed by atoms with Gasteiger partial charge in [0.2, 0.25) is 5.91 Å². The predicted molar refractivity (Wildman–Crippen MR) is 112 cm³/mol. The lowest BCUT2D eigenvalue weighted by Gasteiger charge is -2.12. The molecule has 7 heteroatoms. The van der Waals surface area contributed by atoms with Gasteiger partial charge >= 0.3 is 0 Å². The zero-order chi connectivity index (χ0) is 20.1. The minimum absolute atomic E-state index is 0.121. The average Bonchev–Trinajstić information content (AvgIpc) is 2.64. The van der Waals surface area contributed by atoms with Gasteiger partial charge in [-0.2, -0.15) is 0 Å². The van der Waals surface area contributed by atoms with Gasteiger partial charge in [0.05, 0.1) is 4.90 Å². The van der Waals surface area contributed by atoms with Crippen LogP contribution in [-0.4, -0.2) is 14.3 Å². The fourth-order valence-electron chi connectivity index (χ4n) is 2.70. The summed E-state index contributed by atoms with van der Waals surface area (Å²) in [7, 11) is -3.64. The molecule has 3 N–H and O–H groups in total. The topological polar surface area (TPSA) is 87.3 Å². The molecule has 28 heavy (non-hydrogen) atoms. The second-order valence-corrected chi connectivity index (χ2v) is 7.98. The maximum absolute atomic E-state index is 12.6. The van der Waals surface area contributed by atoms with E-state index in [0.29, 0.717) is 11.3 Å². The quantitative estimate of drug-likeness (QED) is 0.574. The van der Waals surface area contributed by atoms with Crippen molar-refractivity contribution in [3.8, 4) is 0 Å². The molecular formula is C21H21N3O3S. The number of carbonyl (C=O) groups is 1. The molecule has 0 fully saturated rings. The first-order valence-corrected chi connectivity index (χ1v) is 10.1. The molecule has 144 valence electrons. The maximum Gasteiger partial charge on any atom is 0.262 e. The second kappa shape index (κ2) is 8.14. The van der Waals surface area contributed by atoms with Gasteiger partial charge in [-0.3, -0.25) is 9.52 Å². The zero-order valence-corrected chi connectivity index (χ0v) is 16.4. The highest BCUT2D eigenvalue weighted by Crippen LogP contribution is 2.23. The van der Waals surface area contributed by atoms with Crippen LogP contribution in [0.4, 0.5) is 22.7 Å². The number of carbonyl (C=O) groups excluding carboxylic acids is 1. The minimum Gasteiger partial charge on any atom is -0.356 e. The van der Waals surface area contributed by atoms with E-state index in [2.05, 4.69) is 15.4 Å². The minimum atomic E-state index is -3.64. The molecule has 0 atom stereocenters. The first-order valence-electron chi connectivity index (χ1n) is 8.67. The number of hydrogen-bond acceptors (Lipinski definition) is 4. The Morgan fingerprint density at radius 3 is 1.79 bits per heavy atom. The van der Waals surface area contributed by atoms with Gasteiger partial charge in [-0.25, -0.2) is 8.42 Å². The lowest BCUT2D eigenvalue weighted by atomic mass is 10.2. The van der Waals surface area contributed by atoms with Crippen LogP contribution < -0.4 is 15.4 Å². The van der Waals surface area contributed by atoms with Gasteiger partial charge in [-0.15, -0.1) is 0 Å². The molecule has 3 rings (SSSR count). The Labute approximate surface area is 164 Å². The number of amides is 1. The summed E-state index contributed by atoms with van der Waals surface area (Å²) in [6.07, 6.45) is 0. The van der Waals surface area contributed by atoms with Crippen molar-refractivity contribution >= 4 is 38.7 Å². The maximum atomic E-state index is 12.6. The Kier molecular flexibility index (Phi) is 5.65. The lowest BCUT2D eigenvalue weighted by Crippen LogP contribution is -2.14. The van der Waals surface area contributed by atoms with Crippen molar-refractivity contribution in [1.82, 2.24) is 0 Å². The number of sulfonamides is 1. The normalized spacial score (nSPS) is 10.9. The number of hydrogen-bond donors (Lipinski definition) is 3. The Balaban J connectivity index is 1.68. The smallest absolute Gasteiger partial charge is 0.262 e. The van der Waals surface area contributed by atoms with Crippen molar-refractivity contribution < 1.29 is 13.2 Å².